The minimum atomic E-state index is -3.70. The molecule has 1 saturated carbocycles. The third-order valence-electron chi connectivity index (χ3n) is 4.61. The Labute approximate surface area is 144 Å². The molecule has 130 valence electrons. The van der Waals surface area contributed by atoms with Crippen molar-refractivity contribution in [1.82, 2.24) is 9.62 Å². The lowest BCUT2D eigenvalue weighted by molar-refractivity contribution is 0.0679. The molecule has 0 aliphatic heterocycles. The lowest BCUT2D eigenvalue weighted by Gasteiger charge is -2.33. The molecule has 5 nitrogen and oxygen atoms in total. The third kappa shape index (κ3) is 4.37. The molecule has 6 heteroatoms. The summed E-state index contributed by atoms with van der Waals surface area (Å²) in [6.07, 6.45) is 9.30. The van der Waals surface area contributed by atoms with Crippen LogP contribution in [0.2, 0.25) is 0 Å². The molecular formula is C18H24N2O3S. The van der Waals surface area contributed by atoms with Crippen molar-refractivity contribution in [3.8, 4) is 12.3 Å². The first-order valence-electron chi connectivity index (χ1n) is 8.15. The molecule has 0 bridgehead atoms. The number of rotatable bonds is 5. The quantitative estimate of drug-likeness (QED) is 0.830. The molecule has 24 heavy (non-hydrogen) atoms. The van der Waals surface area contributed by atoms with E-state index in [4.69, 9.17) is 6.42 Å². The fourth-order valence-electron chi connectivity index (χ4n) is 3.02. The van der Waals surface area contributed by atoms with E-state index >= 15 is 0 Å². The molecule has 0 spiro atoms. The van der Waals surface area contributed by atoms with E-state index in [1.165, 1.54) is 12.1 Å². The Morgan fingerprint density at radius 2 is 2.00 bits per heavy atom. The summed E-state index contributed by atoms with van der Waals surface area (Å²) in [6.45, 7) is 2.15. The topological polar surface area (TPSA) is 66.5 Å². The minimum absolute atomic E-state index is 0.0502. The van der Waals surface area contributed by atoms with Crippen LogP contribution in [-0.2, 0) is 10.0 Å². The second-order valence-electron chi connectivity index (χ2n) is 6.39. The highest BCUT2D eigenvalue weighted by atomic mass is 32.2. The van der Waals surface area contributed by atoms with Crippen molar-refractivity contribution in [2.45, 2.75) is 43.5 Å². The number of hydrogen-bond acceptors (Lipinski definition) is 3. The van der Waals surface area contributed by atoms with Crippen LogP contribution in [0.5, 0.6) is 0 Å². The van der Waals surface area contributed by atoms with Crippen molar-refractivity contribution in [1.29, 1.82) is 0 Å². The minimum Gasteiger partial charge on any atom is -0.339 e. The number of benzene rings is 1. The highest BCUT2D eigenvalue weighted by Gasteiger charge is 2.26. The summed E-state index contributed by atoms with van der Waals surface area (Å²) in [7, 11) is -1.91. The monoisotopic (exact) mass is 348 g/mol. The van der Waals surface area contributed by atoms with Crippen LogP contribution in [0.15, 0.2) is 29.2 Å². The Morgan fingerprint density at radius 1 is 1.33 bits per heavy atom. The van der Waals surface area contributed by atoms with E-state index in [0.29, 0.717) is 11.5 Å². The zero-order valence-corrected chi connectivity index (χ0v) is 15.0. The largest absolute Gasteiger partial charge is 0.339 e. The molecule has 0 atom stereocenters. The molecule has 1 aliphatic carbocycles. The van der Waals surface area contributed by atoms with Crippen molar-refractivity contribution >= 4 is 15.9 Å². The zero-order valence-electron chi connectivity index (χ0n) is 14.2. The summed E-state index contributed by atoms with van der Waals surface area (Å²) in [5, 5.41) is 0. The van der Waals surface area contributed by atoms with Crippen LogP contribution < -0.4 is 4.72 Å². The fraction of sp³-hybridized carbons (Fsp3) is 0.500. The van der Waals surface area contributed by atoms with Crippen LogP contribution in [0.25, 0.3) is 0 Å². The summed E-state index contributed by atoms with van der Waals surface area (Å²) in [5.74, 6) is 2.79. The summed E-state index contributed by atoms with van der Waals surface area (Å²) in [5.41, 5.74) is 0.375. The molecular weight excluding hydrogens is 324 g/mol. The van der Waals surface area contributed by atoms with Gasteiger partial charge >= 0.3 is 0 Å². The maximum Gasteiger partial charge on any atom is 0.253 e. The number of amides is 1. The molecule has 0 radical (unpaired) electrons. The number of carbonyl (C=O) groups is 1. The van der Waals surface area contributed by atoms with Gasteiger partial charge in [0.25, 0.3) is 5.91 Å². The van der Waals surface area contributed by atoms with Gasteiger partial charge in [0.15, 0.2) is 0 Å². The van der Waals surface area contributed by atoms with Crippen molar-refractivity contribution < 1.29 is 13.2 Å². The fourth-order valence-corrected chi connectivity index (χ4v) is 4.00. The Balaban J connectivity index is 2.16. The second kappa shape index (κ2) is 7.82. The number of carbonyl (C=O) groups excluding carboxylic acids is 1. The number of terminal acetylenes is 1. The Kier molecular flexibility index (Phi) is 6.03. The molecule has 0 saturated heterocycles. The maximum absolute atomic E-state index is 12.7. The molecule has 1 amide bonds. The van der Waals surface area contributed by atoms with Gasteiger partial charge in [-0.05, 0) is 49.8 Å². The molecule has 1 aliphatic rings. The molecule has 2 rings (SSSR count). The lowest BCUT2D eigenvalue weighted by atomic mass is 9.86. The van der Waals surface area contributed by atoms with Gasteiger partial charge in [-0.25, -0.2) is 8.42 Å². The zero-order chi connectivity index (χ0) is 17.7. The average molecular weight is 348 g/mol. The van der Waals surface area contributed by atoms with Crippen LogP contribution in [0, 0.1) is 18.3 Å². The predicted octanol–water partition coefficient (Wildman–Crippen LogP) is 2.25. The smallest absolute Gasteiger partial charge is 0.253 e. The molecule has 1 fully saturated rings. The Morgan fingerprint density at radius 3 is 2.62 bits per heavy atom. The Bertz CT molecular complexity index is 729. The highest BCUT2D eigenvalue weighted by Crippen LogP contribution is 2.27. The number of hydrogen-bond donors (Lipinski definition) is 1. The first kappa shape index (κ1) is 18.5. The molecule has 0 unspecified atom stereocenters. The van der Waals surface area contributed by atoms with E-state index in [9.17, 15) is 13.2 Å². The van der Waals surface area contributed by atoms with Gasteiger partial charge in [-0.2, -0.15) is 4.72 Å². The predicted molar refractivity (Wildman–Crippen MR) is 94.0 cm³/mol. The first-order valence-corrected chi connectivity index (χ1v) is 9.64. The number of sulfonamides is 1. The van der Waals surface area contributed by atoms with Gasteiger partial charge in [-0.1, -0.05) is 18.9 Å². The second-order valence-corrected chi connectivity index (χ2v) is 8.15. The van der Waals surface area contributed by atoms with Gasteiger partial charge in [0.2, 0.25) is 10.0 Å². The van der Waals surface area contributed by atoms with Crippen LogP contribution >= 0.6 is 0 Å². The first-order chi connectivity index (χ1) is 11.3. The van der Waals surface area contributed by atoms with Crippen LogP contribution in [0.4, 0.5) is 0 Å². The standard InChI is InChI=1S/C18H24N2O3S/c1-4-12-19-24(22,23)17-7-5-6-15(13-17)18(21)20(3)16-10-8-14(2)9-11-16/h1,5-7,13-14,16,19H,8-12H2,2-3H3. The van der Waals surface area contributed by atoms with E-state index in [1.54, 1.807) is 24.1 Å². The summed E-state index contributed by atoms with van der Waals surface area (Å²) in [4.78, 5) is 14.5. The molecule has 1 N–H and O–H groups in total. The van der Waals surface area contributed by atoms with Crippen molar-refractivity contribution in [3.05, 3.63) is 29.8 Å². The normalized spacial score (nSPS) is 21.0. The van der Waals surface area contributed by atoms with Crippen LogP contribution in [-0.4, -0.2) is 38.9 Å². The third-order valence-corrected chi connectivity index (χ3v) is 6.01. The van der Waals surface area contributed by atoms with Gasteiger partial charge in [-0.15, -0.1) is 6.42 Å². The average Bonchev–Trinajstić information content (AvgIpc) is 2.59. The highest BCUT2D eigenvalue weighted by molar-refractivity contribution is 7.89. The summed E-state index contributed by atoms with van der Waals surface area (Å²) < 4.78 is 26.6. The molecule has 0 heterocycles. The molecule has 1 aromatic carbocycles. The molecule has 1 aromatic rings. The lowest BCUT2D eigenvalue weighted by Crippen LogP contribution is -2.39. The van der Waals surface area contributed by atoms with Gasteiger partial charge in [0, 0.05) is 18.7 Å². The van der Waals surface area contributed by atoms with E-state index < -0.39 is 10.0 Å². The number of nitrogens with zero attached hydrogens (tertiary/aromatic N) is 1. The van der Waals surface area contributed by atoms with Crippen LogP contribution in [0.3, 0.4) is 0 Å². The van der Waals surface area contributed by atoms with Crippen molar-refractivity contribution in [2.75, 3.05) is 13.6 Å². The number of nitrogens with one attached hydrogen (secondary N) is 1. The van der Waals surface area contributed by atoms with Crippen molar-refractivity contribution in [2.24, 2.45) is 5.92 Å². The van der Waals surface area contributed by atoms with Crippen molar-refractivity contribution in [3.63, 3.8) is 0 Å². The van der Waals surface area contributed by atoms with Gasteiger partial charge < -0.3 is 4.90 Å². The van der Waals surface area contributed by atoms with E-state index in [1.807, 2.05) is 0 Å². The van der Waals surface area contributed by atoms with Gasteiger partial charge in [0.1, 0.15) is 0 Å². The van der Waals surface area contributed by atoms with E-state index in [-0.39, 0.29) is 23.4 Å². The molecule has 0 aromatic heterocycles. The van der Waals surface area contributed by atoms with Crippen LogP contribution in [0.1, 0.15) is 43.0 Å². The maximum atomic E-state index is 12.7. The van der Waals surface area contributed by atoms with E-state index in [2.05, 4.69) is 17.6 Å². The van der Waals surface area contributed by atoms with Gasteiger partial charge in [-0.3, -0.25) is 4.79 Å². The van der Waals surface area contributed by atoms with Gasteiger partial charge in [0.05, 0.1) is 11.4 Å². The van der Waals surface area contributed by atoms with E-state index in [0.717, 1.165) is 25.7 Å². The summed E-state index contributed by atoms with van der Waals surface area (Å²) in [6, 6.07) is 6.30. The summed E-state index contributed by atoms with van der Waals surface area (Å²) >= 11 is 0. The SMILES string of the molecule is C#CCNS(=O)(=O)c1cccc(C(=O)N(C)C2CCC(C)CC2)c1. The Hall–Kier alpha value is -1.84.